The fourth-order valence-corrected chi connectivity index (χ4v) is 3.27. The molecule has 4 rings (SSSR count). The van der Waals surface area contributed by atoms with E-state index in [1.54, 1.807) is 37.3 Å². The quantitative estimate of drug-likeness (QED) is 0.322. The summed E-state index contributed by atoms with van der Waals surface area (Å²) in [6, 6.07) is 22.7. The number of carbonyl (C=O) groups is 2. The monoisotopic (exact) mass is 397 g/mol. The SMILES string of the molecule is CCOC(=O)c1noc(/C=C/c2cccc3ccccc23)c1C(=O)c1ccccc1. The molecule has 4 aromatic rings. The van der Waals surface area contributed by atoms with Crippen molar-refractivity contribution in [2.75, 3.05) is 6.61 Å². The van der Waals surface area contributed by atoms with Crippen LogP contribution in [0.4, 0.5) is 0 Å². The van der Waals surface area contributed by atoms with Crippen molar-refractivity contribution in [2.45, 2.75) is 6.92 Å². The average molecular weight is 397 g/mol. The fourth-order valence-electron chi connectivity index (χ4n) is 3.27. The summed E-state index contributed by atoms with van der Waals surface area (Å²) in [5, 5.41) is 6.00. The van der Waals surface area contributed by atoms with E-state index in [4.69, 9.17) is 9.26 Å². The summed E-state index contributed by atoms with van der Waals surface area (Å²) in [5.74, 6) is -0.831. The van der Waals surface area contributed by atoms with E-state index in [0.29, 0.717) is 5.56 Å². The second kappa shape index (κ2) is 8.57. The highest BCUT2D eigenvalue weighted by molar-refractivity contribution is 6.15. The molecule has 1 aromatic heterocycles. The molecule has 30 heavy (non-hydrogen) atoms. The van der Waals surface area contributed by atoms with Crippen LogP contribution in [0.5, 0.6) is 0 Å². The second-order valence-electron chi connectivity index (χ2n) is 6.59. The number of nitrogens with zero attached hydrogens (tertiary/aromatic N) is 1. The van der Waals surface area contributed by atoms with Crippen LogP contribution in [0, 0.1) is 0 Å². The van der Waals surface area contributed by atoms with Gasteiger partial charge in [-0.05, 0) is 29.3 Å². The molecule has 0 fully saturated rings. The largest absolute Gasteiger partial charge is 0.461 e. The van der Waals surface area contributed by atoms with Crippen LogP contribution in [0.25, 0.3) is 22.9 Å². The molecule has 0 aliphatic heterocycles. The molecule has 0 aliphatic carbocycles. The van der Waals surface area contributed by atoms with E-state index in [1.165, 1.54) is 0 Å². The predicted molar refractivity (Wildman–Crippen MR) is 115 cm³/mol. The molecule has 5 nitrogen and oxygen atoms in total. The van der Waals surface area contributed by atoms with E-state index in [1.807, 2.05) is 54.6 Å². The summed E-state index contributed by atoms with van der Waals surface area (Å²) in [7, 11) is 0. The number of ether oxygens (including phenoxy) is 1. The van der Waals surface area contributed by atoms with Crippen LogP contribution in [0.2, 0.25) is 0 Å². The van der Waals surface area contributed by atoms with Crippen molar-refractivity contribution in [3.8, 4) is 0 Å². The average Bonchev–Trinajstić information content (AvgIpc) is 3.22. The van der Waals surface area contributed by atoms with Crippen LogP contribution >= 0.6 is 0 Å². The first kappa shape index (κ1) is 19.3. The lowest BCUT2D eigenvalue weighted by atomic mass is 10.00. The molecule has 0 bridgehead atoms. The third-order valence-electron chi connectivity index (χ3n) is 4.69. The van der Waals surface area contributed by atoms with Crippen molar-refractivity contribution in [1.29, 1.82) is 0 Å². The molecule has 5 heteroatoms. The minimum absolute atomic E-state index is 0.0936. The Morgan fingerprint density at radius 1 is 0.933 bits per heavy atom. The van der Waals surface area contributed by atoms with Crippen molar-refractivity contribution in [2.24, 2.45) is 0 Å². The van der Waals surface area contributed by atoms with Crippen molar-refractivity contribution in [3.63, 3.8) is 0 Å². The normalized spacial score (nSPS) is 11.1. The number of benzene rings is 3. The first-order chi connectivity index (χ1) is 14.7. The van der Waals surface area contributed by atoms with Gasteiger partial charge < -0.3 is 9.26 Å². The van der Waals surface area contributed by atoms with E-state index in [9.17, 15) is 9.59 Å². The zero-order valence-corrected chi connectivity index (χ0v) is 16.4. The Labute approximate surface area is 173 Å². The zero-order valence-electron chi connectivity index (χ0n) is 16.4. The van der Waals surface area contributed by atoms with Crippen LogP contribution in [0.15, 0.2) is 77.3 Å². The van der Waals surface area contributed by atoms with Crippen molar-refractivity contribution < 1.29 is 18.8 Å². The van der Waals surface area contributed by atoms with Gasteiger partial charge in [0.2, 0.25) is 5.69 Å². The Kier molecular flexibility index (Phi) is 5.52. The summed E-state index contributed by atoms with van der Waals surface area (Å²) in [4.78, 5) is 25.5. The van der Waals surface area contributed by atoms with Gasteiger partial charge in [0.1, 0.15) is 5.56 Å². The minimum Gasteiger partial charge on any atom is -0.461 e. The molecule has 0 aliphatic rings. The lowest BCUT2D eigenvalue weighted by Crippen LogP contribution is -2.12. The summed E-state index contributed by atoms with van der Waals surface area (Å²) in [5.41, 5.74) is 1.37. The Bertz CT molecular complexity index is 1230. The van der Waals surface area contributed by atoms with E-state index < -0.39 is 5.97 Å². The molecule has 0 spiro atoms. The summed E-state index contributed by atoms with van der Waals surface area (Å²) in [6.45, 7) is 1.86. The van der Waals surface area contributed by atoms with Crippen LogP contribution in [0.1, 0.15) is 44.7 Å². The van der Waals surface area contributed by atoms with E-state index in [-0.39, 0.29) is 29.4 Å². The van der Waals surface area contributed by atoms with Gasteiger partial charge in [0, 0.05) is 5.56 Å². The smallest absolute Gasteiger partial charge is 0.361 e. The topological polar surface area (TPSA) is 69.4 Å². The summed E-state index contributed by atoms with van der Waals surface area (Å²) < 4.78 is 10.4. The second-order valence-corrected chi connectivity index (χ2v) is 6.59. The number of fused-ring (bicyclic) bond motifs is 1. The molecule has 0 radical (unpaired) electrons. The predicted octanol–water partition coefficient (Wildman–Crippen LogP) is 5.41. The molecular weight excluding hydrogens is 378 g/mol. The number of hydrogen-bond donors (Lipinski definition) is 0. The van der Waals surface area contributed by atoms with Gasteiger partial charge in [0.25, 0.3) is 0 Å². The molecular formula is C25H19NO4. The zero-order chi connectivity index (χ0) is 20.9. The highest BCUT2D eigenvalue weighted by Crippen LogP contribution is 2.24. The molecule has 0 amide bonds. The molecule has 0 unspecified atom stereocenters. The van der Waals surface area contributed by atoms with Gasteiger partial charge in [-0.25, -0.2) is 4.79 Å². The highest BCUT2D eigenvalue weighted by atomic mass is 16.5. The Hall–Kier alpha value is -3.99. The summed E-state index contributed by atoms with van der Waals surface area (Å²) in [6.07, 6.45) is 3.51. The van der Waals surface area contributed by atoms with E-state index in [2.05, 4.69) is 5.16 Å². The van der Waals surface area contributed by atoms with Crippen molar-refractivity contribution >= 4 is 34.7 Å². The van der Waals surface area contributed by atoms with Gasteiger partial charge in [-0.15, -0.1) is 0 Å². The van der Waals surface area contributed by atoms with Gasteiger partial charge in [0.05, 0.1) is 6.61 Å². The standard InChI is InChI=1S/C25H19NO4/c1-2-29-25(28)23-22(24(27)19-10-4-3-5-11-19)21(30-26-23)16-15-18-13-8-12-17-9-6-7-14-20(17)18/h3-16H,2H2,1H3/b16-15+. The maximum Gasteiger partial charge on any atom is 0.361 e. The first-order valence-electron chi connectivity index (χ1n) is 9.61. The number of aromatic nitrogens is 1. The molecule has 148 valence electrons. The number of esters is 1. The number of hydrogen-bond acceptors (Lipinski definition) is 5. The lowest BCUT2D eigenvalue weighted by molar-refractivity contribution is 0.0512. The van der Waals surface area contributed by atoms with E-state index in [0.717, 1.165) is 16.3 Å². The molecule has 0 saturated heterocycles. The molecule has 0 N–H and O–H groups in total. The van der Waals surface area contributed by atoms with Crippen LogP contribution in [-0.2, 0) is 4.74 Å². The lowest BCUT2D eigenvalue weighted by Gasteiger charge is -2.03. The van der Waals surface area contributed by atoms with Gasteiger partial charge in [0.15, 0.2) is 11.5 Å². The molecule has 0 atom stereocenters. The van der Waals surface area contributed by atoms with Gasteiger partial charge in [-0.1, -0.05) is 84.0 Å². The molecule has 1 heterocycles. The Morgan fingerprint density at radius 3 is 2.47 bits per heavy atom. The fraction of sp³-hybridized carbons (Fsp3) is 0.0800. The van der Waals surface area contributed by atoms with Gasteiger partial charge in [-0.2, -0.15) is 0 Å². The van der Waals surface area contributed by atoms with Gasteiger partial charge >= 0.3 is 5.97 Å². The number of carbonyl (C=O) groups excluding carboxylic acids is 2. The minimum atomic E-state index is -0.689. The van der Waals surface area contributed by atoms with Gasteiger partial charge in [-0.3, -0.25) is 4.79 Å². The Morgan fingerprint density at radius 2 is 1.67 bits per heavy atom. The van der Waals surface area contributed by atoms with Crippen LogP contribution in [-0.4, -0.2) is 23.5 Å². The molecule has 0 saturated carbocycles. The van der Waals surface area contributed by atoms with Crippen LogP contribution in [0.3, 0.4) is 0 Å². The Balaban J connectivity index is 1.79. The third kappa shape index (κ3) is 3.78. The first-order valence-corrected chi connectivity index (χ1v) is 9.61. The summed E-state index contributed by atoms with van der Waals surface area (Å²) >= 11 is 0. The van der Waals surface area contributed by atoms with Crippen LogP contribution < -0.4 is 0 Å². The maximum absolute atomic E-state index is 13.1. The van der Waals surface area contributed by atoms with E-state index >= 15 is 0 Å². The maximum atomic E-state index is 13.1. The number of ketones is 1. The molecule has 3 aromatic carbocycles. The van der Waals surface area contributed by atoms with Crippen molar-refractivity contribution in [3.05, 3.63) is 101 Å². The highest BCUT2D eigenvalue weighted by Gasteiger charge is 2.28. The van der Waals surface area contributed by atoms with Crippen molar-refractivity contribution in [1.82, 2.24) is 5.16 Å². The number of rotatable bonds is 6. The third-order valence-corrected chi connectivity index (χ3v) is 4.69.